The van der Waals surface area contributed by atoms with E-state index in [9.17, 15) is 9.59 Å². The maximum atomic E-state index is 12.2. The number of amides is 2. The van der Waals surface area contributed by atoms with Gasteiger partial charge in [0.1, 0.15) is 5.25 Å². The molecule has 0 radical (unpaired) electrons. The zero-order valence-electron chi connectivity index (χ0n) is 15.0. The van der Waals surface area contributed by atoms with E-state index >= 15 is 0 Å². The van der Waals surface area contributed by atoms with Gasteiger partial charge in [0.15, 0.2) is 5.17 Å². The van der Waals surface area contributed by atoms with Gasteiger partial charge in [-0.15, -0.1) is 5.10 Å². The first-order chi connectivity index (χ1) is 14.0. The SMILES string of the molecule is O=C(CC1S\C(=N/N=C/C=C/c2ccccc2)NC1=O)Nc1cccc(Cl)c1Cl. The number of nitrogens with one attached hydrogen (secondary N) is 2. The maximum Gasteiger partial charge on any atom is 0.240 e. The summed E-state index contributed by atoms with van der Waals surface area (Å²) in [4.78, 5) is 24.3. The Hall–Kier alpha value is -2.61. The van der Waals surface area contributed by atoms with E-state index in [1.165, 1.54) is 6.21 Å². The normalized spacial score (nSPS) is 17.9. The van der Waals surface area contributed by atoms with Crippen LogP contribution in [-0.2, 0) is 9.59 Å². The highest BCUT2D eigenvalue weighted by Gasteiger charge is 2.32. The van der Waals surface area contributed by atoms with Crippen LogP contribution >= 0.6 is 35.0 Å². The Bertz CT molecular complexity index is 993. The van der Waals surface area contributed by atoms with Crippen LogP contribution in [0.5, 0.6) is 0 Å². The Kier molecular flexibility index (Phi) is 7.46. The van der Waals surface area contributed by atoms with E-state index in [0.717, 1.165) is 17.3 Å². The van der Waals surface area contributed by atoms with E-state index in [2.05, 4.69) is 20.8 Å². The lowest BCUT2D eigenvalue weighted by Crippen LogP contribution is -2.28. The first kappa shape index (κ1) is 21.1. The number of amidine groups is 1. The standard InChI is InChI=1S/C20H16Cl2N4O2S/c21-14-9-4-10-15(18(14)22)24-17(27)12-16-19(28)25-20(29-16)26-23-11-5-8-13-6-2-1-3-7-13/h1-11,16H,12H2,(H,24,27)(H,25,26,28)/b8-5+,23-11+. The minimum atomic E-state index is -0.596. The molecule has 0 saturated carbocycles. The summed E-state index contributed by atoms with van der Waals surface area (Å²) in [6, 6.07) is 14.7. The van der Waals surface area contributed by atoms with Crippen molar-refractivity contribution in [1.29, 1.82) is 0 Å². The Morgan fingerprint density at radius 3 is 2.76 bits per heavy atom. The molecule has 1 fully saturated rings. The molecule has 0 spiro atoms. The molecule has 6 nitrogen and oxygen atoms in total. The number of hydrogen-bond acceptors (Lipinski definition) is 5. The van der Waals surface area contributed by atoms with Crippen LogP contribution in [0.25, 0.3) is 6.08 Å². The summed E-state index contributed by atoms with van der Waals surface area (Å²) >= 11 is 13.1. The van der Waals surface area contributed by atoms with Crippen molar-refractivity contribution in [2.75, 3.05) is 5.32 Å². The van der Waals surface area contributed by atoms with Crippen molar-refractivity contribution in [1.82, 2.24) is 5.32 Å². The number of carbonyl (C=O) groups is 2. The van der Waals surface area contributed by atoms with Gasteiger partial charge in [-0.1, -0.05) is 77.4 Å². The van der Waals surface area contributed by atoms with E-state index in [1.807, 2.05) is 36.4 Å². The van der Waals surface area contributed by atoms with Gasteiger partial charge in [-0.25, -0.2) is 0 Å². The number of thioether (sulfide) groups is 1. The fraction of sp³-hybridized carbons (Fsp3) is 0.100. The highest BCUT2D eigenvalue weighted by molar-refractivity contribution is 8.15. The second kappa shape index (κ2) is 10.2. The molecule has 9 heteroatoms. The molecule has 29 heavy (non-hydrogen) atoms. The van der Waals surface area contributed by atoms with Gasteiger partial charge in [-0.05, 0) is 23.8 Å². The second-order valence-corrected chi connectivity index (χ2v) is 7.87. The molecular formula is C20H16Cl2N4O2S. The molecule has 2 aromatic carbocycles. The molecule has 1 saturated heterocycles. The molecule has 2 aromatic rings. The van der Waals surface area contributed by atoms with Crippen molar-refractivity contribution in [2.45, 2.75) is 11.7 Å². The topological polar surface area (TPSA) is 82.9 Å². The highest BCUT2D eigenvalue weighted by Crippen LogP contribution is 2.30. The third-order valence-electron chi connectivity index (χ3n) is 3.76. The van der Waals surface area contributed by atoms with Crippen LogP contribution in [0.2, 0.25) is 10.0 Å². The molecule has 148 valence electrons. The minimum Gasteiger partial charge on any atom is -0.325 e. The van der Waals surface area contributed by atoms with E-state index in [0.29, 0.717) is 15.9 Å². The van der Waals surface area contributed by atoms with Gasteiger partial charge in [-0.3, -0.25) is 9.59 Å². The van der Waals surface area contributed by atoms with Gasteiger partial charge in [0.25, 0.3) is 0 Å². The van der Waals surface area contributed by atoms with Crippen molar-refractivity contribution in [3.8, 4) is 0 Å². The molecule has 1 atom stereocenters. The van der Waals surface area contributed by atoms with E-state index in [1.54, 1.807) is 24.3 Å². The van der Waals surface area contributed by atoms with Crippen LogP contribution in [-0.4, -0.2) is 28.4 Å². The first-order valence-electron chi connectivity index (χ1n) is 8.57. The third kappa shape index (κ3) is 6.19. The Morgan fingerprint density at radius 2 is 1.97 bits per heavy atom. The number of carbonyl (C=O) groups excluding carboxylic acids is 2. The molecule has 1 aliphatic rings. The lowest BCUT2D eigenvalue weighted by Gasteiger charge is -2.09. The van der Waals surface area contributed by atoms with E-state index < -0.39 is 5.25 Å². The van der Waals surface area contributed by atoms with Crippen molar-refractivity contribution in [3.05, 3.63) is 70.2 Å². The van der Waals surface area contributed by atoms with Crippen molar-refractivity contribution >= 4 is 69.9 Å². The summed E-state index contributed by atoms with van der Waals surface area (Å²) in [7, 11) is 0. The molecule has 2 N–H and O–H groups in total. The average Bonchev–Trinajstić information content (AvgIpc) is 3.05. The Balaban J connectivity index is 1.52. The fourth-order valence-corrected chi connectivity index (χ4v) is 3.67. The summed E-state index contributed by atoms with van der Waals surface area (Å²) in [6.45, 7) is 0. The van der Waals surface area contributed by atoms with E-state index in [4.69, 9.17) is 23.2 Å². The van der Waals surface area contributed by atoms with E-state index in [-0.39, 0.29) is 23.3 Å². The predicted octanol–water partition coefficient (Wildman–Crippen LogP) is 4.61. The van der Waals surface area contributed by atoms with Crippen LogP contribution in [0.3, 0.4) is 0 Å². The molecule has 1 heterocycles. The minimum absolute atomic E-state index is 0.0318. The number of allylic oxidation sites excluding steroid dienone is 1. The fourth-order valence-electron chi connectivity index (χ4n) is 2.40. The van der Waals surface area contributed by atoms with Gasteiger partial charge in [-0.2, -0.15) is 5.10 Å². The van der Waals surface area contributed by atoms with Gasteiger partial charge < -0.3 is 10.6 Å². The number of hydrogen-bond donors (Lipinski definition) is 2. The molecular weight excluding hydrogens is 431 g/mol. The van der Waals surface area contributed by atoms with Gasteiger partial charge in [0.2, 0.25) is 11.8 Å². The van der Waals surface area contributed by atoms with Crippen molar-refractivity contribution < 1.29 is 9.59 Å². The lowest BCUT2D eigenvalue weighted by atomic mass is 10.2. The number of anilines is 1. The third-order valence-corrected chi connectivity index (χ3v) is 5.65. The van der Waals surface area contributed by atoms with Gasteiger partial charge in [0.05, 0.1) is 15.7 Å². The van der Waals surface area contributed by atoms with Gasteiger partial charge >= 0.3 is 0 Å². The summed E-state index contributed by atoms with van der Waals surface area (Å²) in [5, 5.41) is 13.5. The molecule has 0 aromatic heterocycles. The summed E-state index contributed by atoms with van der Waals surface area (Å²) in [5.74, 6) is -0.645. The number of halogens is 2. The summed E-state index contributed by atoms with van der Waals surface area (Å²) in [6.07, 6.45) is 5.13. The predicted molar refractivity (Wildman–Crippen MR) is 121 cm³/mol. The highest BCUT2D eigenvalue weighted by atomic mass is 35.5. The molecule has 3 rings (SSSR count). The molecule has 2 amide bonds. The van der Waals surface area contributed by atoms with Crippen molar-refractivity contribution in [3.63, 3.8) is 0 Å². The quantitative estimate of drug-likeness (QED) is 0.501. The molecule has 0 bridgehead atoms. The van der Waals surface area contributed by atoms with Crippen LogP contribution in [0.15, 0.2) is 64.8 Å². The van der Waals surface area contributed by atoms with Crippen LogP contribution in [0, 0.1) is 0 Å². The van der Waals surface area contributed by atoms with Gasteiger partial charge in [0, 0.05) is 12.6 Å². The maximum absolute atomic E-state index is 12.2. The average molecular weight is 447 g/mol. The number of nitrogens with zero attached hydrogens (tertiary/aromatic N) is 2. The smallest absolute Gasteiger partial charge is 0.240 e. The van der Waals surface area contributed by atoms with Crippen LogP contribution in [0.1, 0.15) is 12.0 Å². The lowest BCUT2D eigenvalue weighted by molar-refractivity contribution is -0.122. The molecule has 0 aliphatic carbocycles. The first-order valence-corrected chi connectivity index (χ1v) is 10.2. The number of benzene rings is 2. The van der Waals surface area contributed by atoms with Crippen molar-refractivity contribution in [2.24, 2.45) is 10.2 Å². The Labute approximate surface area is 182 Å². The molecule has 1 aliphatic heterocycles. The summed E-state index contributed by atoms with van der Waals surface area (Å²) in [5.41, 5.74) is 1.44. The largest absolute Gasteiger partial charge is 0.325 e. The second-order valence-electron chi connectivity index (χ2n) is 5.89. The monoisotopic (exact) mass is 446 g/mol. The van der Waals surface area contributed by atoms with Crippen LogP contribution in [0.4, 0.5) is 5.69 Å². The zero-order chi connectivity index (χ0) is 20.6. The number of rotatable bonds is 6. The molecule has 1 unspecified atom stereocenters. The van der Waals surface area contributed by atoms with Crippen LogP contribution < -0.4 is 10.6 Å². The Morgan fingerprint density at radius 1 is 1.17 bits per heavy atom. The summed E-state index contributed by atoms with van der Waals surface area (Å²) < 4.78 is 0. The zero-order valence-corrected chi connectivity index (χ0v) is 17.3.